The van der Waals surface area contributed by atoms with Gasteiger partial charge >= 0.3 is 0 Å². The molecule has 1 aliphatic rings. The molecule has 130 valence electrons. The first-order valence-corrected chi connectivity index (χ1v) is 8.33. The van der Waals surface area contributed by atoms with Gasteiger partial charge in [-0.2, -0.15) is 0 Å². The molecule has 0 bridgehead atoms. The van der Waals surface area contributed by atoms with E-state index in [1.165, 1.54) is 18.9 Å². The van der Waals surface area contributed by atoms with Gasteiger partial charge in [-0.1, -0.05) is 39.5 Å². The summed E-state index contributed by atoms with van der Waals surface area (Å²) in [7, 11) is 0. The van der Waals surface area contributed by atoms with E-state index in [0.29, 0.717) is 18.4 Å². The highest BCUT2D eigenvalue weighted by molar-refractivity contribution is 5.99. The lowest BCUT2D eigenvalue weighted by molar-refractivity contribution is -0.128. The van der Waals surface area contributed by atoms with E-state index >= 15 is 0 Å². The highest BCUT2D eigenvalue weighted by Gasteiger charge is 2.40. The molecule has 1 aromatic rings. The fraction of sp³-hybridized carbons (Fsp3) is 0.647. The van der Waals surface area contributed by atoms with Crippen LogP contribution in [0.25, 0.3) is 0 Å². The Labute approximate surface area is 137 Å². The zero-order chi connectivity index (χ0) is 17.1. The van der Waals surface area contributed by atoms with Gasteiger partial charge in [-0.25, -0.2) is 0 Å². The van der Waals surface area contributed by atoms with Crippen LogP contribution in [0.2, 0.25) is 0 Å². The molecule has 3 N–H and O–H groups in total. The Hall–Kier alpha value is -1.82. The van der Waals surface area contributed by atoms with Crippen LogP contribution in [0.1, 0.15) is 62.7 Å². The first-order valence-electron chi connectivity index (χ1n) is 8.33. The normalized spacial score (nSPS) is 16.0. The maximum atomic E-state index is 12.3. The fourth-order valence-corrected chi connectivity index (χ4v) is 2.59. The van der Waals surface area contributed by atoms with Crippen LogP contribution in [0, 0.1) is 0 Å². The topological polar surface area (TPSA) is 91.6 Å². The quantitative estimate of drug-likeness (QED) is 0.774. The van der Waals surface area contributed by atoms with Crippen molar-refractivity contribution in [1.82, 2.24) is 10.6 Å². The van der Waals surface area contributed by atoms with E-state index < -0.39 is 5.54 Å². The largest absolute Gasteiger partial charge is 0.472 e. The van der Waals surface area contributed by atoms with Crippen LogP contribution in [-0.4, -0.2) is 35.6 Å². The van der Waals surface area contributed by atoms with Crippen molar-refractivity contribution in [3.05, 3.63) is 24.2 Å². The molecule has 0 atom stereocenters. The molecular weight excluding hydrogens is 296 g/mol. The van der Waals surface area contributed by atoms with Crippen LogP contribution in [0.5, 0.6) is 0 Å². The van der Waals surface area contributed by atoms with Crippen LogP contribution in [0.15, 0.2) is 23.0 Å². The molecule has 2 rings (SSSR count). The van der Waals surface area contributed by atoms with E-state index in [2.05, 4.69) is 24.5 Å². The minimum atomic E-state index is -0.873. The second-order valence-electron chi connectivity index (χ2n) is 5.80. The molecule has 6 heteroatoms. The van der Waals surface area contributed by atoms with Gasteiger partial charge < -0.3 is 20.2 Å². The zero-order valence-corrected chi connectivity index (χ0v) is 14.1. The van der Waals surface area contributed by atoms with E-state index in [1.54, 1.807) is 6.07 Å². The molecule has 0 spiro atoms. The number of hydrogen-bond acceptors (Lipinski definition) is 4. The summed E-state index contributed by atoms with van der Waals surface area (Å²) in [6, 6.07) is 1.57. The molecule has 2 amide bonds. The minimum absolute atomic E-state index is 0.114. The first kappa shape index (κ1) is 19.2. The Morgan fingerprint density at radius 3 is 2.43 bits per heavy atom. The number of carbonyl (C=O) groups excluding carboxylic acids is 2. The highest BCUT2D eigenvalue weighted by atomic mass is 16.3. The van der Waals surface area contributed by atoms with Crippen molar-refractivity contribution in [2.24, 2.45) is 0 Å². The van der Waals surface area contributed by atoms with Gasteiger partial charge in [-0.15, -0.1) is 0 Å². The van der Waals surface area contributed by atoms with Crippen LogP contribution in [0.3, 0.4) is 0 Å². The maximum absolute atomic E-state index is 12.3. The summed E-state index contributed by atoms with van der Waals surface area (Å²) in [6.45, 7) is 4.33. The van der Waals surface area contributed by atoms with E-state index in [-0.39, 0.29) is 25.0 Å². The molecule has 1 aliphatic carbocycles. The third-order valence-corrected chi connectivity index (χ3v) is 3.68. The summed E-state index contributed by atoms with van der Waals surface area (Å²) >= 11 is 0. The smallest absolute Gasteiger partial charge is 0.255 e. The first-order chi connectivity index (χ1) is 11.1. The van der Waals surface area contributed by atoms with Gasteiger partial charge in [0.2, 0.25) is 5.91 Å². The molecule has 1 saturated carbocycles. The van der Waals surface area contributed by atoms with E-state index in [9.17, 15) is 9.59 Å². The van der Waals surface area contributed by atoms with Crippen LogP contribution >= 0.6 is 0 Å². The van der Waals surface area contributed by atoms with Gasteiger partial charge in [0.25, 0.3) is 5.91 Å². The van der Waals surface area contributed by atoms with E-state index in [4.69, 9.17) is 9.52 Å². The Morgan fingerprint density at radius 1 is 1.26 bits per heavy atom. The highest BCUT2D eigenvalue weighted by Crippen LogP contribution is 2.29. The summed E-state index contributed by atoms with van der Waals surface area (Å²) in [5, 5.41) is 14.3. The summed E-state index contributed by atoms with van der Waals surface area (Å²) in [5.41, 5.74) is -0.466. The Balaban J connectivity index is 0.000000816. The lowest BCUT2D eigenvalue weighted by atomic mass is 9.80. The van der Waals surface area contributed by atoms with Gasteiger partial charge in [-0.3, -0.25) is 9.59 Å². The molecule has 1 heterocycles. The van der Waals surface area contributed by atoms with Crippen LogP contribution in [0.4, 0.5) is 0 Å². The number of hydrogen-bond donors (Lipinski definition) is 3. The van der Waals surface area contributed by atoms with Crippen molar-refractivity contribution in [3.8, 4) is 0 Å². The number of nitrogens with one attached hydrogen (secondary N) is 2. The number of aliphatic hydroxyl groups is 1. The van der Waals surface area contributed by atoms with Crippen molar-refractivity contribution in [3.63, 3.8) is 0 Å². The molecule has 0 aliphatic heterocycles. The van der Waals surface area contributed by atoms with Crippen molar-refractivity contribution < 1.29 is 19.1 Å². The average molecular weight is 324 g/mol. The van der Waals surface area contributed by atoms with Gasteiger partial charge in [0, 0.05) is 6.54 Å². The summed E-state index contributed by atoms with van der Waals surface area (Å²) in [6.07, 6.45) is 8.14. The summed E-state index contributed by atoms with van der Waals surface area (Å²) in [5.74, 6) is -0.525. The molecule has 0 saturated heterocycles. The zero-order valence-electron chi connectivity index (χ0n) is 14.1. The van der Waals surface area contributed by atoms with E-state index in [1.807, 2.05) is 0 Å². The third kappa shape index (κ3) is 5.71. The standard InChI is InChI=1S/C14H20N2O4.C3H8/c17-8-7-15-13(19)14(5-2-1-3-6-14)16-12(18)11-4-9-20-10-11;1-3-2/h4,9-10,17H,1-3,5-8H2,(H,15,19)(H,16,18);3H2,1-2H3. The van der Waals surface area contributed by atoms with Gasteiger partial charge in [0.05, 0.1) is 18.4 Å². The van der Waals surface area contributed by atoms with Gasteiger partial charge in [-0.05, 0) is 18.9 Å². The SMILES string of the molecule is CCC.O=C(NC1(C(=O)NCCO)CCCCC1)c1ccoc1. The molecule has 0 aromatic carbocycles. The summed E-state index contributed by atoms with van der Waals surface area (Å²) < 4.78 is 4.89. The molecule has 1 fully saturated rings. The number of carbonyl (C=O) groups is 2. The molecule has 6 nitrogen and oxygen atoms in total. The lowest BCUT2D eigenvalue weighted by Crippen LogP contribution is -2.60. The third-order valence-electron chi connectivity index (χ3n) is 3.68. The lowest BCUT2D eigenvalue weighted by Gasteiger charge is -2.36. The minimum Gasteiger partial charge on any atom is -0.472 e. The summed E-state index contributed by atoms with van der Waals surface area (Å²) in [4.78, 5) is 24.5. The molecule has 0 radical (unpaired) electrons. The number of amides is 2. The van der Waals surface area contributed by atoms with Gasteiger partial charge in [0.1, 0.15) is 11.8 Å². The van der Waals surface area contributed by atoms with Crippen molar-refractivity contribution in [2.75, 3.05) is 13.2 Å². The predicted octanol–water partition coefficient (Wildman–Crippen LogP) is 2.24. The number of aliphatic hydroxyl groups excluding tert-OH is 1. The molecule has 23 heavy (non-hydrogen) atoms. The van der Waals surface area contributed by atoms with E-state index in [0.717, 1.165) is 19.3 Å². The Bertz CT molecular complexity index is 465. The van der Waals surface area contributed by atoms with Crippen molar-refractivity contribution >= 4 is 11.8 Å². The van der Waals surface area contributed by atoms with Crippen LogP contribution in [-0.2, 0) is 4.79 Å². The molecule has 1 aromatic heterocycles. The second kappa shape index (κ2) is 10.0. The fourth-order valence-electron chi connectivity index (χ4n) is 2.59. The van der Waals surface area contributed by atoms with Crippen molar-refractivity contribution in [2.45, 2.75) is 57.9 Å². The van der Waals surface area contributed by atoms with Crippen LogP contribution < -0.4 is 10.6 Å². The maximum Gasteiger partial charge on any atom is 0.255 e. The monoisotopic (exact) mass is 324 g/mol. The van der Waals surface area contributed by atoms with Gasteiger partial charge in [0.15, 0.2) is 0 Å². The molecule has 0 unspecified atom stereocenters. The number of rotatable bonds is 5. The second-order valence-corrected chi connectivity index (χ2v) is 5.80. The number of furan rings is 1. The van der Waals surface area contributed by atoms with Crippen molar-refractivity contribution in [1.29, 1.82) is 0 Å². The predicted molar refractivity (Wildman–Crippen MR) is 88.1 cm³/mol. The average Bonchev–Trinajstić information content (AvgIpc) is 3.09. The molecular formula is C17H28N2O4. The Morgan fingerprint density at radius 2 is 1.91 bits per heavy atom. The Kier molecular flexibility index (Phi) is 8.40.